The lowest BCUT2D eigenvalue weighted by molar-refractivity contribution is -0.122. The topological polar surface area (TPSA) is 75.7 Å². The molecule has 0 spiro atoms. The summed E-state index contributed by atoms with van der Waals surface area (Å²) in [6.07, 6.45) is 3.09. The Labute approximate surface area is 173 Å². The number of anilines is 1. The second-order valence-electron chi connectivity index (χ2n) is 7.06. The Hall–Kier alpha value is -2.54. The number of hydrogen-bond donors (Lipinski definition) is 1. The number of nitrogens with zero attached hydrogens (tertiary/aromatic N) is 1. The Kier molecular flexibility index (Phi) is 8.08. The molecule has 0 radical (unpaired) electrons. The van der Waals surface area contributed by atoms with E-state index in [1.54, 1.807) is 19.2 Å². The zero-order chi connectivity index (χ0) is 21.4. The predicted octanol–water partition coefficient (Wildman–Crippen LogP) is 3.30. The number of benzene rings is 2. The van der Waals surface area contributed by atoms with E-state index in [1.165, 1.54) is 4.31 Å². The molecular weight excluding hydrogens is 388 g/mol. The van der Waals surface area contributed by atoms with Crippen molar-refractivity contribution in [2.24, 2.45) is 0 Å². The molecule has 6 nitrogen and oxygen atoms in total. The highest BCUT2D eigenvalue weighted by Crippen LogP contribution is 2.23. The number of aryl methyl sites for hydroxylation is 2. The number of hydrogen-bond acceptors (Lipinski definition) is 4. The molecule has 2 aromatic carbocycles. The second kappa shape index (κ2) is 10.3. The normalized spacial score (nSPS) is 12.3. The number of amides is 1. The Balaban J connectivity index is 2.00. The van der Waals surface area contributed by atoms with E-state index in [9.17, 15) is 13.2 Å². The summed E-state index contributed by atoms with van der Waals surface area (Å²) in [4.78, 5) is 12.8. The lowest BCUT2D eigenvalue weighted by Gasteiger charge is -2.30. The standard InChI is InChI=1S/C22H30N2O4S/c1-5-21(24(29(4,26)27)19-12-8-17(2)9-13-19)22(25)23-16-6-7-18-10-14-20(28-3)15-11-18/h8-15,21H,5-7,16H2,1-4H3,(H,23,25)/t21-/m1/s1. The highest BCUT2D eigenvalue weighted by atomic mass is 32.2. The van der Waals surface area contributed by atoms with Gasteiger partial charge in [-0.05, 0) is 56.0 Å². The first-order valence-corrected chi connectivity index (χ1v) is 11.6. The fourth-order valence-corrected chi connectivity index (χ4v) is 4.38. The van der Waals surface area contributed by atoms with E-state index in [1.807, 2.05) is 50.2 Å². The van der Waals surface area contributed by atoms with Gasteiger partial charge in [0, 0.05) is 6.54 Å². The summed E-state index contributed by atoms with van der Waals surface area (Å²) in [6.45, 7) is 4.22. The van der Waals surface area contributed by atoms with E-state index in [-0.39, 0.29) is 5.91 Å². The SMILES string of the molecule is CC[C@H](C(=O)NCCCc1ccc(OC)cc1)N(c1ccc(C)cc1)S(C)(=O)=O. The van der Waals surface area contributed by atoms with Crippen LogP contribution < -0.4 is 14.4 Å². The number of methoxy groups -OCH3 is 1. The molecule has 0 aromatic heterocycles. The van der Waals surface area contributed by atoms with E-state index in [0.717, 1.165) is 36.0 Å². The molecule has 0 saturated heterocycles. The van der Waals surface area contributed by atoms with Crippen molar-refractivity contribution in [3.8, 4) is 5.75 Å². The first-order valence-electron chi connectivity index (χ1n) is 9.73. The quantitative estimate of drug-likeness (QED) is 0.601. The first kappa shape index (κ1) is 22.7. The van der Waals surface area contributed by atoms with Crippen molar-refractivity contribution in [3.63, 3.8) is 0 Å². The smallest absolute Gasteiger partial charge is 0.243 e. The lowest BCUT2D eigenvalue weighted by Crippen LogP contribution is -2.49. The summed E-state index contributed by atoms with van der Waals surface area (Å²) in [5, 5.41) is 2.89. The van der Waals surface area contributed by atoms with Crippen molar-refractivity contribution >= 4 is 21.6 Å². The fraction of sp³-hybridized carbons (Fsp3) is 0.409. The Morgan fingerprint density at radius 2 is 1.72 bits per heavy atom. The number of sulfonamides is 1. The third-order valence-electron chi connectivity index (χ3n) is 4.72. The van der Waals surface area contributed by atoms with Gasteiger partial charge in [0.05, 0.1) is 19.1 Å². The van der Waals surface area contributed by atoms with Gasteiger partial charge in [0.1, 0.15) is 11.8 Å². The molecule has 0 aliphatic carbocycles. The van der Waals surface area contributed by atoms with Crippen LogP contribution in [-0.2, 0) is 21.2 Å². The fourth-order valence-electron chi connectivity index (χ4n) is 3.17. The number of carbonyl (C=O) groups is 1. The van der Waals surface area contributed by atoms with Crippen LogP contribution in [0.15, 0.2) is 48.5 Å². The minimum atomic E-state index is -3.61. The molecule has 0 aliphatic heterocycles. The minimum absolute atomic E-state index is 0.284. The molecule has 1 amide bonds. The monoisotopic (exact) mass is 418 g/mol. The van der Waals surface area contributed by atoms with E-state index < -0.39 is 16.1 Å². The number of rotatable bonds is 10. The van der Waals surface area contributed by atoms with Gasteiger partial charge in [0.25, 0.3) is 0 Å². The van der Waals surface area contributed by atoms with Crippen molar-refractivity contribution in [2.45, 2.75) is 39.2 Å². The second-order valence-corrected chi connectivity index (χ2v) is 8.92. The van der Waals surface area contributed by atoms with Crippen LogP contribution in [0.3, 0.4) is 0 Å². The summed E-state index contributed by atoms with van der Waals surface area (Å²) in [7, 11) is -1.98. The van der Waals surface area contributed by atoms with Gasteiger partial charge < -0.3 is 10.1 Å². The molecule has 158 valence electrons. The van der Waals surface area contributed by atoms with E-state index >= 15 is 0 Å². The molecule has 1 N–H and O–H groups in total. The van der Waals surface area contributed by atoms with Gasteiger partial charge in [0.15, 0.2) is 0 Å². The summed E-state index contributed by atoms with van der Waals surface area (Å²) < 4.78 is 31.2. The van der Waals surface area contributed by atoms with Crippen molar-refractivity contribution in [1.29, 1.82) is 0 Å². The average Bonchev–Trinajstić information content (AvgIpc) is 2.69. The molecule has 2 aromatic rings. The molecule has 0 fully saturated rings. The summed E-state index contributed by atoms with van der Waals surface area (Å²) in [6, 6.07) is 14.2. The van der Waals surface area contributed by atoms with Gasteiger partial charge in [-0.2, -0.15) is 0 Å². The van der Waals surface area contributed by atoms with Crippen molar-refractivity contribution in [3.05, 3.63) is 59.7 Å². The number of ether oxygens (including phenoxy) is 1. The zero-order valence-electron chi connectivity index (χ0n) is 17.5. The summed E-state index contributed by atoms with van der Waals surface area (Å²) >= 11 is 0. The summed E-state index contributed by atoms with van der Waals surface area (Å²) in [5.74, 6) is 0.526. The molecule has 29 heavy (non-hydrogen) atoms. The van der Waals surface area contributed by atoms with Crippen LogP contribution in [0.5, 0.6) is 5.75 Å². The van der Waals surface area contributed by atoms with E-state index in [0.29, 0.717) is 18.7 Å². The van der Waals surface area contributed by atoms with Crippen LogP contribution in [0, 0.1) is 6.92 Å². The molecule has 0 unspecified atom stereocenters. The maximum Gasteiger partial charge on any atom is 0.243 e. The van der Waals surface area contributed by atoms with Crippen LogP contribution in [-0.4, -0.2) is 40.3 Å². The average molecular weight is 419 g/mol. The van der Waals surface area contributed by atoms with Crippen LogP contribution in [0.25, 0.3) is 0 Å². The van der Waals surface area contributed by atoms with E-state index in [2.05, 4.69) is 5.32 Å². The van der Waals surface area contributed by atoms with Crippen LogP contribution in [0.1, 0.15) is 30.9 Å². The molecule has 2 rings (SSSR count). The zero-order valence-corrected chi connectivity index (χ0v) is 18.3. The number of nitrogens with one attached hydrogen (secondary N) is 1. The van der Waals surface area contributed by atoms with Gasteiger partial charge >= 0.3 is 0 Å². The van der Waals surface area contributed by atoms with Crippen LogP contribution in [0.2, 0.25) is 0 Å². The molecule has 0 heterocycles. The third kappa shape index (κ3) is 6.49. The number of carbonyl (C=O) groups excluding carboxylic acids is 1. The van der Waals surface area contributed by atoms with Crippen molar-refractivity contribution < 1.29 is 17.9 Å². The maximum atomic E-state index is 12.8. The highest BCUT2D eigenvalue weighted by molar-refractivity contribution is 7.92. The van der Waals surface area contributed by atoms with Crippen LogP contribution in [0.4, 0.5) is 5.69 Å². The molecule has 0 saturated carbocycles. The molecule has 1 atom stereocenters. The molecule has 0 bridgehead atoms. The third-order valence-corrected chi connectivity index (χ3v) is 5.90. The Morgan fingerprint density at radius 1 is 1.10 bits per heavy atom. The van der Waals surface area contributed by atoms with E-state index in [4.69, 9.17) is 4.74 Å². The molecular formula is C22H30N2O4S. The summed E-state index contributed by atoms with van der Waals surface area (Å²) in [5.41, 5.74) is 2.68. The van der Waals surface area contributed by atoms with Gasteiger partial charge in [-0.25, -0.2) is 8.42 Å². The van der Waals surface area contributed by atoms with Gasteiger partial charge in [-0.3, -0.25) is 9.10 Å². The largest absolute Gasteiger partial charge is 0.497 e. The first-order chi connectivity index (χ1) is 13.8. The lowest BCUT2D eigenvalue weighted by atomic mass is 10.1. The molecule has 0 aliphatic rings. The van der Waals surface area contributed by atoms with Gasteiger partial charge in [-0.1, -0.05) is 36.8 Å². The van der Waals surface area contributed by atoms with Crippen molar-refractivity contribution in [1.82, 2.24) is 5.32 Å². The van der Waals surface area contributed by atoms with Crippen LogP contribution >= 0.6 is 0 Å². The Bertz CT molecular complexity index is 893. The van der Waals surface area contributed by atoms with Gasteiger partial charge in [0.2, 0.25) is 15.9 Å². The minimum Gasteiger partial charge on any atom is -0.497 e. The van der Waals surface area contributed by atoms with Gasteiger partial charge in [-0.15, -0.1) is 0 Å². The highest BCUT2D eigenvalue weighted by Gasteiger charge is 2.31. The maximum absolute atomic E-state index is 12.8. The Morgan fingerprint density at radius 3 is 2.24 bits per heavy atom. The molecule has 7 heteroatoms. The van der Waals surface area contributed by atoms with Crippen molar-refractivity contribution in [2.75, 3.05) is 24.2 Å². The predicted molar refractivity (Wildman–Crippen MR) is 117 cm³/mol.